The number of fused-ring (bicyclic) bond motifs is 3. The molecule has 0 unspecified atom stereocenters. The highest BCUT2D eigenvalue weighted by molar-refractivity contribution is 6.30. The van der Waals surface area contributed by atoms with Crippen LogP contribution in [-0.2, 0) is 13.0 Å². The van der Waals surface area contributed by atoms with E-state index < -0.39 is 0 Å². The molecule has 3 heterocycles. The molecule has 1 atom stereocenters. The summed E-state index contributed by atoms with van der Waals surface area (Å²) in [5.74, 6) is 0.946. The van der Waals surface area contributed by atoms with Crippen LogP contribution < -0.4 is 5.32 Å². The van der Waals surface area contributed by atoms with E-state index in [-0.39, 0.29) is 12.1 Å². The average molecular weight is 522 g/mol. The number of aryl methyl sites for hydroxylation is 2. The molecule has 5 aromatic rings. The lowest BCUT2D eigenvalue weighted by Crippen LogP contribution is -2.38. The third-order valence-electron chi connectivity index (χ3n) is 7.13. The Morgan fingerprint density at radius 1 is 1.00 bits per heavy atom. The number of hydrogen-bond donors (Lipinski definition) is 1. The monoisotopic (exact) mass is 521 g/mol. The first-order valence-corrected chi connectivity index (χ1v) is 13.1. The van der Waals surface area contributed by atoms with Crippen molar-refractivity contribution >= 4 is 23.3 Å². The molecule has 2 aromatic heterocycles. The molecule has 0 radical (unpaired) electrons. The van der Waals surface area contributed by atoms with Crippen molar-refractivity contribution in [2.24, 2.45) is 0 Å². The quantitative estimate of drug-likeness (QED) is 0.269. The van der Waals surface area contributed by atoms with E-state index in [0.29, 0.717) is 17.3 Å². The van der Waals surface area contributed by atoms with Crippen LogP contribution in [0.4, 0.5) is 10.5 Å². The minimum atomic E-state index is -0.314. The lowest BCUT2D eigenvalue weighted by molar-refractivity contribution is 0.194. The standard InChI is InChI=1S/C31H28ClN5O/c1-3-22-14-16-23(17-15-22)29-28-13-8-18-35(28)30-27(21(2)34-37(30)26-11-5-4-6-12-26)20-36(29)31(38)33-25-10-7-9-24(32)19-25/h4-19,29H,3,20H2,1-2H3,(H,33,38)/t29-/m0/s1. The second-order valence-corrected chi connectivity index (χ2v) is 9.94. The minimum absolute atomic E-state index is 0.204. The van der Waals surface area contributed by atoms with Crippen molar-refractivity contribution in [1.82, 2.24) is 19.2 Å². The predicted molar refractivity (Wildman–Crippen MR) is 151 cm³/mol. The van der Waals surface area contributed by atoms with Crippen molar-refractivity contribution in [3.8, 4) is 11.5 Å². The molecule has 0 aliphatic carbocycles. The van der Waals surface area contributed by atoms with E-state index in [4.69, 9.17) is 16.7 Å². The molecule has 1 aliphatic heterocycles. The van der Waals surface area contributed by atoms with Gasteiger partial charge in [-0.25, -0.2) is 9.48 Å². The van der Waals surface area contributed by atoms with Gasteiger partial charge in [0.2, 0.25) is 0 Å². The molecule has 3 aromatic carbocycles. The van der Waals surface area contributed by atoms with Gasteiger partial charge in [0.15, 0.2) is 0 Å². The van der Waals surface area contributed by atoms with Crippen LogP contribution in [0.1, 0.15) is 41.0 Å². The number of para-hydroxylation sites is 1. The third-order valence-corrected chi connectivity index (χ3v) is 7.36. The molecule has 6 nitrogen and oxygen atoms in total. The number of hydrogen-bond acceptors (Lipinski definition) is 2. The summed E-state index contributed by atoms with van der Waals surface area (Å²) < 4.78 is 4.15. The maximum absolute atomic E-state index is 14.0. The summed E-state index contributed by atoms with van der Waals surface area (Å²) in [5.41, 5.74) is 6.80. The summed E-state index contributed by atoms with van der Waals surface area (Å²) in [6.07, 6.45) is 3.01. The third kappa shape index (κ3) is 4.27. The van der Waals surface area contributed by atoms with Crippen molar-refractivity contribution in [3.63, 3.8) is 0 Å². The topological polar surface area (TPSA) is 55.1 Å². The van der Waals surface area contributed by atoms with Crippen LogP contribution in [0.25, 0.3) is 11.5 Å². The SMILES string of the molecule is CCc1ccc([C@H]2c3cccn3-c3c(c(C)nn3-c3ccccc3)CN2C(=O)Nc2cccc(Cl)c2)cc1. The zero-order chi connectivity index (χ0) is 26.2. The van der Waals surface area contributed by atoms with Gasteiger partial charge in [0.25, 0.3) is 0 Å². The number of anilines is 1. The first kappa shape index (κ1) is 24.1. The van der Waals surface area contributed by atoms with Crippen LogP contribution >= 0.6 is 11.6 Å². The summed E-state index contributed by atoms with van der Waals surface area (Å²) in [7, 11) is 0. The molecule has 0 fully saturated rings. The molecule has 0 saturated heterocycles. The van der Waals surface area contributed by atoms with Gasteiger partial charge in [0.05, 0.1) is 29.7 Å². The summed E-state index contributed by atoms with van der Waals surface area (Å²) >= 11 is 6.22. The molecule has 0 bridgehead atoms. The molecule has 0 saturated carbocycles. The van der Waals surface area contributed by atoms with Gasteiger partial charge < -0.3 is 14.8 Å². The molecule has 0 spiro atoms. The van der Waals surface area contributed by atoms with Gasteiger partial charge in [-0.15, -0.1) is 0 Å². The van der Waals surface area contributed by atoms with E-state index in [1.165, 1.54) is 5.56 Å². The van der Waals surface area contributed by atoms with Gasteiger partial charge >= 0.3 is 6.03 Å². The normalized spacial score (nSPS) is 14.5. The minimum Gasteiger partial charge on any atom is -0.308 e. The fourth-order valence-corrected chi connectivity index (χ4v) is 5.39. The molecule has 7 heteroatoms. The Hall–Kier alpha value is -4.29. The highest BCUT2D eigenvalue weighted by Gasteiger charge is 2.36. The van der Waals surface area contributed by atoms with Gasteiger partial charge in [-0.1, -0.05) is 67.1 Å². The number of nitrogens with zero attached hydrogens (tertiary/aromatic N) is 4. The van der Waals surface area contributed by atoms with E-state index in [2.05, 4.69) is 53.3 Å². The van der Waals surface area contributed by atoms with E-state index in [1.807, 2.05) is 65.0 Å². The van der Waals surface area contributed by atoms with E-state index in [0.717, 1.165) is 40.4 Å². The van der Waals surface area contributed by atoms with Crippen LogP contribution in [0.15, 0.2) is 97.2 Å². The molecular formula is C31H28ClN5O. The van der Waals surface area contributed by atoms with Gasteiger partial charge in [-0.3, -0.25) is 0 Å². The number of carbonyl (C=O) groups is 1. The van der Waals surface area contributed by atoms with Gasteiger partial charge in [-0.2, -0.15) is 5.10 Å². The summed E-state index contributed by atoms with van der Waals surface area (Å²) in [6.45, 7) is 4.54. The van der Waals surface area contributed by atoms with E-state index in [9.17, 15) is 4.79 Å². The number of benzene rings is 3. The Kier molecular flexibility index (Phi) is 6.26. The van der Waals surface area contributed by atoms with Crippen molar-refractivity contribution in [2.45, 2.75) is 32.9 Å². The summed E-state index contributed by atoms with van der Waals surface area (Å²) in [6, 6.07) is 29.5. The first-order valence-electron chi connectivity index (χ1n) is 12.8. The van der Waals surface area contributed by atoms with Crippen LogP contribution in [0.5, 0.6) is 0 Å². The highest BCUT2D eigenvalue weighted by Crippen LogP contribution is 2.39. The molecule has 1 aliphatic rings. The average Bonchev–Trinajstić information content (AvgIpc) is 3.49. The zero-order valence-electron chi connectivity index (χ0n) is 21.3. The smallest absolute Gasteiger partial charge is 0.308 e. The lowest BCUT2D eigenvalue weighted by Gasteiger charge is -2.31. The Morgan fingerprint density at radius 3 is 2.53 bits per heavy atom. The zero-order valence-corrected chi connectivity index (χ0v) is 22.1. The largest absolute Gasteiger partial charge is 0.322 e. The van der Waals surface area contributed by atoms with Crippen molar-refractivity contribution in [2.75, 3.05) is 5.32 Å². The number of rotatable bonds is 4. The van der Waals surface area contributed by atoms with E-state index >= 15 is 0 Å². The summed E-state index contributed by atoms with van der Waals surface area (Å²) in [4.78, 5) is 15.9. The maximum Gasteiger partial charge on any atom is 0.322 e. The molecule has 190 valence electrons. The molecular weight excluding hydrogens is 494 g/mol. The Bertz CT molecular complexity index is 1600. The number of urea groups is 1. The van der Waals surface area contributed by atoms with Crippen molar-refractivity contribution < 1.29 is 4.79 Å². The number of carbonyl (C=O) groups excluding carboxylic acids is 1. The molecule has 6 rings (SSSR count). The second-order valence-electron chi connectivity index (χ2n) is 9.50. The molecule has 38 heavy (non-hydrogen) atoms. The molecule has 1 N–H and O–H groups in total. The van der Waals surface area contributed by atoms with Crippen LogP contribution in [0, 0.1) is 6.92 Å². The number of halogens is 1. The van der Waals surface area contributed by atoms with Crippen molar-refractivity contribution in [3.05, 3.63) is 130 Å². The van der Waals surface area contributed by atoms with Crippen LogP contribution in [0.3, 0.4) is 0 Å². The predicted octanol–water partition coefficient (Wildman–Crippen LogP) is 7.32. The maximum atomic E-state index is 14.0. The first-order chi connectivity index (χ1) is 18.5. The van der Waals surface area contributed by atoms with Crippen molar-refractivity contribution in [1.29, 1.82) is 0 Å². The fraction of sp³-hybridized carbons (Fsp3) is 0.161. The van der Waals surface area contributed by atoms with Gasteiger partial charge in [0.1, 0.15) is 5.82 Å². The number of amides is 2. The number of aromatic nitrogens is 3. The van der Waals surface area contributed by atoms with Gasteiger partial charge in [0, 0.05) is 22.5 Å². The Labute approximate surface area is 227 Å². The number of nitrogens with one attached hydrogen (secondary N) is 1. The summed E-state index contributed by atoms with van der Waals surface area (Å²) in [5, 5.41) is 8.56. The fourth-order valence-electron chi connectivity index (χ4n) is 5.20. The van der Waals surface area contributed by atoms with Crippen LogP contribution in [-0.4, -0.2) is 25.3 Å². The highest BCUT2D eigenvalue weighted by atomic mass is 35.5. The Balaban J connectivity index is 1.53. The molecule has 2 amide bonds. The van der Waals surface area contributed by atoms with Crippen LogP contribution in [0.2, 0.25) is 5.02 Å². The van der Waals surface area contributed by atoms with Gasteiger partial charge in [-0.05, 0) is 66.9 Å². The second kappa shape index (κ2) is 9.88. The van der Waals surface area contributed by atoms with E-state index in [1.54, 1.807) is 12.1 Å². The Morgan fingerprint density at radius 2 is 1.79 bits per heavy atom. The lowest BCUT2D eigenvalue weighted by atomic mass is 9.99.